The van der Waals surface area contributed by atoms with E-state index in [-0.39, 0.29) is 12.1 Å². The first-order valence-electron chi connectivity index (χ1n) is 9.23. The van der Waals surface area contributed by atoms with E-state index in [0.717, 1.165) is 31.1 Å². The molecule has 1 atom stereocenters. The number of carbonyl (C=O) groups is 1. The number of piperidine rings is 1. The van der Waals surface area contributed by atoms with Crippen LogP contribution in [0.3, 0.4) is 0 Å². The van der Waals surface area contributed by atoms with E-state index in [0.29, 0.717) is 0 Å². The summed E-state index contributed by atoms with van der Waals surface area (Å²) in [6.45, 7) is 8.34. The van der Waals surface area contributed by atoms with Crippen LogP contribution in [0.25, 0.3) is 0 Å². The number of carbonyl (C=O) groups excluding carboxylic acids is 1. The molecule has 134 valence electrons. The molecule has 2 heterocycles. The molecule has 5 nitrogen and oxygen atoms in total. The Bertz CT molecular complexity index is 485. The number of hydrogen-bond donors (Lipinski definition) is 1. The van der Waals surface area contributed by atoms with Crippen LogP contribution < -0.4 is 5.32 Å². The average Bonchev–Trinajstić information content (AvgIpc) is 2.62. The van der Waals surface area contributed by atoms with E-state index in [9.17, 15) is 4.79 Å². The highest BCUT2D eigenvalue weighted by Crippen LogP contribution is 2.19. The third-order valence-electron chi connectivity index (χ3n) is 5.20. The van der Waals surface area contributed by atoms with E-state index in [1.54, 1.807) is 11.1 Å². The number of urea groups is 1. The number of likely N-dealkylation sites (tertiary alicyclic amines) is 1. The van der Waals surface area contributed by atoms with E-state index >= 15 is 0 Å². The summed E-state index contributed by atoms with van der Waals surface area (Å²) in [5, 5.41) is 3.05. The number of amides is 2. The summed E-state index contributed by atoms with van der Waals surface area (Å²) in [5.41, 5.74) is 1.02. The fourth-order valence-electron chi connectivity index (χ4n) is 3.22. The lowest BCUT2D eigenvalue weighted by atomic mass is 9.94. The van der Waals surface area contributed by atoms with Crippen molar-refractivity contribution in [2.45, 2.75) is 45.6 Å². The van der Waals surface area contributed by atoms with Crippen molar-refractivity contribution in [3.05, 3.63) is 30.1 Å². The molecule has 1 saturated heterocycles. The molecule has 1 aliphatic rings. The molecule has 0 aromatic carbocycles. The summed E-state index contributed by atoms with van der Waals surface area (Å²) in [6, 6.07) is 6.02. The van der Waals surface area contributed by atoms with Crippen LogP contribution in [0.2, 0.25) is 0 Å². The molecule has 0 unspecified atom stereocenters. The van der Waals surface area contributed by atoms with E-state index in [2.05, 4.69) is 29.0 Å². The van der Waals surface area contributed by atoms with Gasteiger partial charge in [-0.1, -0.05) is 19.4 Å². The van der Waals surface area contributed by atoms with Gasteiger partial charge in [0.1, 0.15) is 0 Å². The average molecular weight is 332 g/mol. The standard InChI is InChI=1S/C19H32N4O/c1-4-17-8-12-23(13-9-17)14-11-21-19(24)22(3)16(2)15-18-7-5-6-10-20-18/h5-7,10,16-17H,4,8-9,11-15H2,1-3H3,(H,21,24)/t16-/m0/s1. The van der Waals surface area contributed by atoms with Crippen molar-refractivity contribution in [2.75, 3.05) is 33.2 Å². The molecule has 1 aromatic heterocycles. The molecule has 1 aromatic rings. The molecule has 0 radical (unpaired) electrons. The van der Waals surface area contributed by atoms with Gasteiger partial charge >= 0.3 is 6.03 Å². The highest BCUT2D eigenvalue weighted by Gasteiger charge is 2.19. The second-order valence-corrected chi connectivity index (χ2v) is 6.91. The molecular formula is C19H32N4O. The second kappa shape index (κ2) is 9.62. The Morgan fingerprint density at radius 1 is 1.42 bits per heavy atom. The lowest BCUT2D eigenvalue weighted by Crippen LogP contribution is -2.46. The van der Waals surface area contributed by atoms with Gasteiger partial charge in [-0.05, 0) is 50.9 Å². The van der Waals surface area contributed by atoms with Crippen LogP contribution in [0.4, 0.5) is 4.79 Å². The van der Waals surface area contributed by atoms with Crippen molar-refractivity contribution < 1.29 is 4.79 Å². The molecule has 0 saturated carbocycles. The molecule has 1 N–H and O–H groups in total. The predicted octanol–water partition coefficient (Wildman–Crippen LogP) is 2.78. The Kier molecular flexibility index (Phi) is 7.50. The molecule has 0 aliphatic carbocycles. The first-order valence-corrected chi connectivity index (χ1v) is 9.23. The van der Waals surface area contributed by atoms with Crippen LogP contribution in [0.5, 0.6) is 0 Å². The minimum Gasteiger partial charge on any atom is -0.337 e. The van der Waals surface area contributed by atoms with Crippen LogP contribution in [0.15, 0.2) is 24.4 Å². The summed E-state index contributed by atoms with van der Waals surface area (Å²) in [4.78, 5) is 20.9. The first kappa shape index (κ1) is 18.7. The van der Waals surface area contributed by atoms with Crippen molar-refractivity contribution in [3.8, 4) is 0 Å². The molecule has 0 spiro atoms. The SMILES string of the molecule is CCC1CCN(CCNC(=O)N(C)[C@@H](C)Cc2ccccn2)CC1. The summed E-state index contributed by atoms with van der Waals surface area (Å²) in [5.74, 6) is 0.898. The summed E-state index contributed by atoms with van der Waals surface area (Å²) in [6.07, 6.45) is 6.46. The van der Waals surface area contributed by atoms with Gasteiger partial charge in [-0.15, -0.1) is 0 Å². The topological polar surface area (TPSA) is 48.5 Å². The lowest BCUT2D eigenvalue weighted by molar-refractivity contribution is 0.173. The van der Waals surface area contributed by atoms with Crippen molar-refractivity contribution in [1.29, 1.82) is 0 Å². The number of pyridine rings is 1. The van der Waals surface area contributed by atoms with Crippen molar-refractivity contribution in [2.24, 2.45) is 5.92 Å². The smallest absolute Gasteiger partial charge is 0.317 e. The van der Waals surface area contributed by atoms with E-state index in [4.69, 9.17) is 0 Å². The second-order valence-electron chi connectivity index (χ2n) is 6.91. The normalized spacial score (nSPS) is 17.5. The number of rotatable bonds is 7. The Labute approximate surface area is 146 Å². The minimum atomic E-state index is 0.00174. The summed E-state index contributed by atoms with van der Waals surface area (Å²) in [7, 11) is 1.86. The van der Waals surface area contributed by atoms with Crippen molar-refractivity contribution in [3.63, 3.8) is 0 Å². The fraction of sp³-hybridized carbons (Fsp3) is 0.684. The molecule has 1 aliphatic heterocycles. The summed E-state index contributed by atoms with van der Waals surface area (Å²) >= 11 is 0. The Morgan fingerprint density at radius 3 is 2.79 bits per heavy atom. The van der Waals surface area contributed by atoms with Crippen LogP contribution in [0.1, 0.15) is 38.8 Å². The Morgan fingerprint density at radius 2 is 2.17 bits per heavy atom. The zero-order valence-corrected chi connectivity index (χ0v) is 15.4. The highest BCUT2D eigenvalue weighted by molar-refractivity contribution is 5.74. The van der Waals surface area contributed by atoms with Crippen LogP contribution in [0, 0.1) is 5.92 Å². The van der Waals surface area contributed by atoms with Gasteiger partial charge < -0.3 is 15.1 Å². The third kappa shape index (κ3) is 5.78. The zero-order chi connectivity index (χ0) is 17.4. The van der Waals surface area contributed by atoms with Gasteiger partial charge in [0.25, 0.3) is 0 Å². The third-order valence-corrected chi connectivity index (χ3v) is 5.20. The van der Waals surface area contributed by atoms with Gasteiger partial charge in [0.2, 0.25) is 0 Å². The van der Waals surface area contributed by atoms with Crippen LogP contribution in [-0.4, -0.2) is 60.1 Å². The van der Waals surface area contributed by atoms with Gasteiger partial charge in [0, 0.05) is 44.5 Å². The van der Waals surface area contributed by atoms with E-state index in [1.165, 1.54) is 32.4 Å². The maximum Gasteiger partial charge on any atom is 0.317 e. The maximum atomic E-state index is 12.3. The van der Waals surface area contributed by atoms with Crippen molar-refractivity contribution in [1.82, 2.24) is 20.1 Å². The maximum absolute atomic E-state index is 12.3. The first-order chi connectivity index (χ1) is 11.6. The molecule has 1 fully saturated rings. The minimum absolute atomic E-state index is 0.00174. The molecule has 24 heavy (non-hydrogen) atoms. The van der Waals surface area contributed by atoms with Gasteiger partial charge in [-0.25, -0.2) is 4.79 Å². The van der Waals surface area contributed by atoms with Gasteiger partial charge in [0.05, 0.1) is 0 Å². The Balaban J connectivity index is 1.66. The predicted molar refractivity (Wildman–Crippen MR) is 98.0 cm³/mol. The van der Waals surface area contributed by atoms with Gasteiger partial charge in [-0.2, -0.15) is 0 Å². The largest absolute Gasteiger partial charge is 0.337 e. The Hall–Kier alpha value is -1.62. The monoisotopic (exact) mass is 332 g/mol. The van der Waals surface area contributed by atoms with Crippen LogP contribution >= 0.6 is 0 Å². The number of nitrogens with one attached hydrogen (secondary N) is 1. The van der Waals surface area contributed by atoms with Gasteiger partial charge in [0.15, 0.2) is 0 Å². The van der Waals surface area contributed by atoms with Crippen LogP contribution in [-0.2, 0) is 6.42 Å². The highest BCUT2D eigenvalue weighted by atomic mass is 16.2. The summed E-state index contributed by atoms with van der Waals surface area (Å²) < 4.78 is 0. The fourth-order valence-corrected chi connectivity index (χ4v) is 3.22. The molecule has 2 rings (SSSR count). The number of hydrogen-bond acceptors (Lipinski definition) is 3. The number of nitrogens with zero attached hydrogens (tertiary/aromatic N) is 3. The number of likely N-dealkylation sites (N-methyl/N-ethyl adjacent to an activating group) is 1. The van der Waals surface area contributed by atoms with Gasteiger partial charge in [-0.3, -0.25) is 4.98 Å². The molecular weight excluding hydrogens is 300 g/mol. The molecule has 5 heteroatoms. The number of aromatic nitrogens is 1. The van der Waals surface area contributed by atoms with E-state index < -0.39 is 0 Å². The molecule has 2 amide bonds. The van der Waals surface area contributed by atoms with Crippen molar-refractivity contribution >= 4 is 6.03 Å². The quantitative estimate of drug-likeness (QED) is 0.835. The zero-order valence-electron chi connectivity index (χ0n) is 15.4. The molecule has 0 bridgehead atoms. The lowest BCUT2D eigenvalue weighted by Gasteiger charge is -2.32. The van der Waals surface area contributed by atoms with E-state index in [1.807, 2.05) is 25.2 Å².